The molecule has 0 radical (unpaired) electrons. The van der Waals surface area contributed by atoms with Crippen LogP contribution in [0.2, 0.25) is 0 Å². The van der Waals surface area contributed by atoms with Gasteiger partial charge in [0.15, 0.2) is 0 Å². The van der Waals surface area contributed by atoms with Gasteiger partial charge in [0, 0.05) is 11.1 Å². The zero-order chi connectivity index (χ0) is 28.3. The van der Waals surface area contributed by atoms with Gasteiger partial charge in [-0.3, -0.25) is 14.7 Å². The highest BCUT2D eigenvalue weighted by Crippen LogP contribution is 2.44. The molecule has 1 amide bonds. The highest BCUT2D eigenvalue weighted by molar-refractivity contribution is 7.55. The largest absolute Gasteiger partial charge is 0.282 e. The first-order valence-electron chi connectivity index (χ1n) is 14.2. The highest BCUT2D eigenvalue weighted by atomic mass is 31.1. The minimum absolute atomic E-state index is 0.0513. The smallest absolute Gasteiger partial charge is 0.260 e. The van der Waals surface area contributed by atoms with Crippen molar-refractivity contribution in [2.45, 2.75) is 12.1 Å². The van der Waals surface area contributed by atoms with Crippen molar-refractivity contribution in [3.05, 3.63) is 180 Å². The van der Waals surface area contributed by atoms with E-state index in [9.17, 15) is 4.79 Å². The number of nitrogens with zero attached hydrogens (tertiary/aromatic N) is 2. The summed E-state index contributed by atoms with van der Waals surface area (Å²) in [6.07, 6.45) is 0. The van der Waals surface area contributed by atoms with Crippen molar-refractivity contribution in [3.8, 4) is 0 Å². The molecule has 1 aliphatic rings. The molecule has 0 bridgehead atoms. The van der Waals surface area contributed by atoms with Crippen LogP contribution in [0.4, 0.5) is 0 Å². The predicted molar refractivity (Wildman–Crippen MR) is 175 cm³/mol. The third kappa shape index (κ3) is 5.04. The van der Waals surface area contributed by atoms with E-state index in [-0.39, 0.29) is 18.0 Å². The van der Waals surface area contributed by atoms with Crippen LogP contribution in [-0.2, 0) is 0 Å². The Balaban J connectivity index is 1.41. The van der Waals surface area contributed by atoms with Gasteiger partial charge in [-0.05, 0) is 44.6 Å². The predicted octanol–water partition coefficient (Wildman–Crippen LogP) is 7.85. The molecule has 4 heteroatoms. The second kappa shape index (κ2) is 11.6. The van der Waals surface area contributed by atoms with Gasteiger partial charge < -0.3 is 0 Å². The van der Waals surface area contributed by atoms with Crippen molar-refractivity contribution in [3.63, 3.8) is 0 Å². The van der Waals surface area contributed by atoms with Crippen LogP contribution in [0.25, 0.3) is 10.8 Å². The molecule has 0 aliphatic carbocycles. The molecule has 6 aromatic rings. The first kappa shape index (κ1) is 26.1. The maximum absolute atomic E-state index is 14.8. The Bertz CT molecular complexity index is 1890. The van der Waals surface area contributed by atoms with Crippen LogP contribution in [0.3, 0.4) is 0 Å². The van der Waals surface area contributed by atoms with Gasteiger partial charge in [0.1, 0.15) is 11.9 Å². The van der Waals surface area contributed by atoms with E-state index >= 15 is 0 Å². The third-order valence-corrected chi connectivity index (χ3v) is 9.11. The first-order valence-corrected chi connectivity index (χ1v) is 15.2. The molecular weight excluding hydrogens is 531 g/mol. The number of rotatable bonds is 6. The minimum Gasteiger partial charge on any atom is -0.282 e. The lowest BCUT2D eigenvalue weighted by Crippen LogP contribution is -2.39. The fourth-order valence-corrected chi connectivity index (χ4v) is 6.95. The van der Waals surface area contributed by atoms with Crippen molar-refractivity contribution in [2.75, 3.05) is 0 Å². The average Bonchev–Trinajstić information content (AvgIpc) is 3.46. The zero-order valence-electron chi connectivity index (χ0n) is 23.0. The Morgan fingerprint density at radius 2 is 1.19 bits per heavy atom. The van der Waals surface area contributed by atoms with Crippen molar-refractivity contribution >= 4 is 41.7 Å². The van der Waals surface area contributed by atoms with E-state index < -0.39 is 0 Å². The normalized spacial score (nSPS) is 16.7. The van der Waals surface area contributed by atoms with Gasteiger partial charge in [0.25, 0.3) is 5.91 Å². The summed E-state index contributed by atoms with van der Waals surface area (Å²) in [6, 6.07) is 53.2. The zero-order valence-corrected chi connectivity index (χ0v) is 24.0. The fourth-order valence-electron chi connectivity index (χ4n) is 5.77. The summed E-state index contributed by atoms with van der Waals surface area (Å²) in [5.41, 5.74) is 3.79. The lowest BCUT2D eigenvalue weighted by molar-refractivity contribution is 0.0805. The van der Waals surface area contributed by atoms with Crippen LogP contribution in [0.1, 0.15) is 39.1 Å². The number of hydrogen-bond acceptors (Lipinski definition) is 2. The molecule has 202 valence electrons. The molecule has 1 aliphatic heterocycles. The standard InChI is InChI=1S/C38H29N2OP/c41-38(31-25-24-27-14-10-11-19-30(27)26-31)40-36(29-17-6-2-7-18-29)35(28-15-4-1-5-16-28)39-37(40)33-22-12-13-23-34(33)42-32-20-8-3-9-21-32/h1-26,35-36,42H/t35-,36-/m0/s1. The molecule has 3 nitrogen and oxygen atoms in total. The Kier molecular flexibility index (Phi) is 7.18. The number of amides is 1. The van der Waals surface area contributed by atoms with Crippen LogP contribution in [0.15, 0.2) is 163 Å². The number of carbonyl (C=O) groups is 1. The summed E-state index contributed by atoms with van der Waals surface area (Å²) >= 11 is 0. The highest BCUT2D eigenvalue weighted by Gasteiger charge is 2.43. The Labute approximate surface area is 248 Å². The van der Waals surface area contributed by atoms with Gasteiger partial charge in [-0.2, -0.15) is 0 Å². The summed E-state index contributed by atoms with van der Waals surface area (Å²) in [7, 11) is 0.437. The maximum atomic E-state index is 14.8. The molecule has 0 aromatic heterocycles. The molecule has 6 aromatic carbocycles. The Morgan fingerprint density at radius 3 is 1.93 bits per heavy atom. The van der Waals surface area contributed by atoms with E-state index in [1.54, 1.807) is 0 Å². The SMILES string of the molecule is O=C(c1ccc2ccccc2c1)N1C(c2ccccc2Pc2ccccc2)=N[C@@H](c2ccccc2)[C@@H]1c1ccccc1. The van der Waals surface area contributed by atoms with Crippen LogP contribution in [0, 0.1) is 0 Å². The molecule has 0 N–H and O–H groups in total. The van der Waals surface area contributed by atoms with Gasteiger partial charge >= 0.3 is 0 Å². The number of amidine groups is 1. The summed E-state index contributed by atoms with van der Waals surface area (Å²) in [6.45, 7) is 0. The van der Waals surface area contributed by atoms with E-state index in [0.717, 1.165) is 33.3 Å². The number of hydrogen-bond donors (Lipinski definition) is 0. The number of aliphatic imine (C=N–C) groups is 1. The lowest BCUT2D eigenvalue weighted by Gasteiger charge is -2.30. The summed E-state index contributed by atoms with van der Waals surface area (Å²) in [5.74, 6) is 0.666. The van der Waals surface area contributed by atoms with E-state index in [0.29, 0.717) is 14.1 Å². The van der Waals surface area contributed by atoms with Gasteiger partial charge in [0.2, 0.25) is 0 Å². The molecule has 1 heterocycles. The van der Waals surface area contributed by atoms with Crippen LogP contribution >= 0.6 is 8.58 Å². The summed E-state index contributed by atoms with van der Waals surface area (Å²) in [4.78, 5) is 22.1. The second-order valence-electron chi connectivity index (χ2n) is 10.4. The van der Waals surface area contributed by atoms with Crippen molar-refractivity contribution in [2.24, 2.45) is 4.99 Å². The van der Waals surface area contributed by atoms with Crippen LogP contribution in [-0.4, -0.2) is 16.6 Å². The topological polar surface area (TPSA) is 32.7 Å². The Hall–Kier alpha value is -4.85. The quantitative estimate of drug-likeness (QED) is 0.191. The molecule has 0 saturated carbocycles. The second-order valence-corrected chi connectivity index (χ2v) is 11.8. The van der Waals surface area contributed by atoms with Gasteiger partial charge in [-0.15, -0.1) is 0 Å². The molecule has 0 saturated heterocycles. The minimum atomic E-state index is -0.296. The number of fused-ring (bicyclic) bond motifs is 1. The monoisotopic (exact) mass is 560 g/mol. The van der Waals surface area contributed by atoms with Crippen molar-refractivity contribution < 1.29 is 4.79 Å². The summed E-state index contributed by atoms with van der Waals surface area (Å²) in [5, 5.41) is 4.57. The van der Waals surface area contributed by atoms with Gasteiger partial charge in [-0.25, -0.2) is 0 Å². The van der Waals surface area contributed by atoms with Crippen molar-refractivity contribution in [1.82, 2.24) is 4.90 Å². The summed E-state index contributed by atoms with van der Waals surface area (Å²) < 4.78 is 0. The maximum Gasteiger partial charge on any atom is 0.260 e. The van der Waals surface area contributed by atoms with E-state index in [2.05, 4.69) is 78.9 Å². The van der Waals surface area contributed by atoms with Gasteiger partial charge in [-0.1, -0.05) is 154 Å². The molecule has 42 heavy (non-hydrogen) atoms. The number of carbonyl (C=O) groups excluding carboxylic acids is 1. The molecule has 1 unspecified atom stereocenters. The van der Waals surface area contributed by atoms with Crippen LogP contribution < -0.4 is 10.6 Å². The Morgan fingerprint density at radius 1 is 0.595 bits per heavy atom. The first-order chi connectivity index (χ1) is 20.8. The third-order valence-electron chi connectivity index (χ3n) is 7.78. The van der Waals surface area contributed by atoms with Crippen LogP contribution in [0.5, 0.6) is 0 Å². The molecule has 3 atom stereocenters. The average molecular weight is 561 g/mol. The molecule has 0 fully saturated rings. The van der Waals surface area contributed by atoms with E-state index in [1.165, 1.54) is 10.6 Å². The fraction of sp³-hybridized carbons (Fsp3) is 0.0526. The molecular formula is C38H29N2OP. The van der Waals surface area contributed by atoms with Crippen molar-refractivity contribution in [1.29, 1.82) is 0 Å². The number of benzene rings is 6. The van der Waals surface area contributed by atoms with E-state index in [1.807, 2.05) is 83.8 Å². The molecule has 0 spiro atoms. The van der Waals surface area contributed by atoms with E-state index in [4.69, 9.17) is 4.99 Å². The van der Waals surface area contributed by atoms with Gasteiger partial charge in [0.05, 0.1) is 6.04 Å². The molecule has 7 rings (SSSR count). The lowest BCUT2D eigenvalue weighted by atomic mass is 9.93.